The third kappa shape index (κ3) is 3.25. The molecule has 1 atom stereocenters. The second kappa shape index (κ2) is 6.74. The maximum Gasteiger partial charge on any atom is 0.124 e. The number of benzene rings is 1. The van der Waals surface area contributed by atoms with E-state index >= 15 is 0 Å². The van der Waals surface area contributed by atoms with Gasteiger partial charge in [-0.1, -0.05) is 15.9 Å². The average molecular weight is 354 g/mol. The zero-order valence-corrected chi connectivity index (χ0v) is 14.7. The largest absolute Gasteiger partial charge is 0.494 e. The molecule has 2 nitrogen and oxygen atoms in total. The fourth-order valence-electron chi connectivity index (χ4n) is 2.23. The van der Waals surface area contributed by atoms with E-state index in [-0.39, 0.29) is 6.04 Å². The summed E-state index contributed by atoms with van der Waals surface area (Å²) in [4.78, 5) is 2.69. The van der Waals surface area contributed by atoms with Crippen LogP contribution in [-0.4, -0.2) is 13.7 Å². The third-order valence-electron chi connectivity index (χ3n) is 3.34. The van der Waals surface area contributed by atoms with Crippen molar-refractivity contribution in [2.75, 3.05) is 13.7 Å². The molecule has 0 radical (unpaired) electrons. The van der Waals surface area contributed by atoms with Gasteiger partial charge in [-0.05, 0) is 57.6 Å². The topological polar surface area (TPSA) is 21.3 Å². The molecule has 0 aliphatic heterocycles. The van der Waals surface area contributed by atoms with Gasteiger partial charge in [0, 0.05) is 19.8 Å². The first-order valence-electron chi connectivity index (χ1n) is 6.73. The van der Waals surface area contributed by atoms with Crippen molar-refractivity contribution in [3.63, 3.8) is 0 Å². The third-order valence-corrected chi connectivity index (χ3v) is 5.05. The number of hydrogen-bond acceptors (Lipinski definition) is 3. The van der Waals surface area contributed by atoms with Crippen molar-refractivity contribution in [3.8, 4) is 5.75 Å². The van der Waals surface area contributed by atoms with Crippen molar-refractivity contribution >= 4 is 27.3 Å². The van der Waals surface area contributed by atoms with Gasteiger partial charge in [0.2, 0.25) is 0 Å². The van der Waals surface area contributed by atoms with Crippen LogP contribution >= 0.6 is 27.3 Å². The summed E-state index contributed by atoms with van der Waals surface area (Å²) in [6.45, 7) is 7.01. The highest BCUT2D eigenvalue weighted by Gasteiger charge is 2.19. The van der Waals surface area contributed by atoms with Crippen LogP contribution in [0.15, 0.2) is 28.7 Å². The van der Waals surface area contributed by atoms with Crippen molar-refractivity contribution in [2.24, 2.45) is 0 Å². The van der Waals surface area contributed by atoms with E-state index in [1.807, 2.05) is 37.4 Å². The lowest BCUT2D eigenvalue weighted by molar-refractivity contribution is 0.334. The fourth-order valence-corrected chi connectivity index (χ4v) is 3.78. The van der Waals surface area contributed by atoms with Gasteiger partial charge < -0.3 is 10.1 Å². The Balaban J connectivity index is 2.47. The summed E-state index contributed by atoms with van der Waals surface area (Å²) < 4.78 is 6.85. The van der Waals surface area contributed by atoms with Gasteiger partial charge in [-0.25, -0.2) is 0 Å². The lowest BCUT2D eigenvalue weighted by Gasteiger charge is -2.19. The fraction of sp³-hybridized carbons (Fsp3) is 0.375. The van der Waals surface area contributed by atoms with Crippen molar-refractivity contribution in [1.82, 2.24) is 5.32 Å². The standard InChI is InChI=1S/C16H20BrNOS/c1-5-19-14-7-6-12(17)9-13(14)16(18-4)15-8-10(2)11(3)20-15/h6-9,16,18H,5H2,1-4H3. The summed E-state index contributed by atoms with van der Waals surface area (Å²) in [6.07, 6.45) is 0. The number of hydrogen-bond donors (Lipinski definition) is 1. The molecule has 1 aromatic carbocycles. The molecule has 0 saturated heterocycles. The minimum absolute atomic E-state index is 0.159. The Kier molecular flexibility index (Phi) is 5.24. The number of halogens is 1. The molecule has 0 saturated carbocycles. The number of rotatable bonds is 5. The van der Waals surface area contributed by atoms with E-state index in [2.05, 4.69) is 47.2 Å². The summed E-state index contributed by atoms with van der Waals surface area (Å²) in [7, 11) is 1.99. The number of nitrogens with one attached hydrogen (secondary N) is 1. The Morgan fingerprint density at radius 1 is 1.30 bits per heavy atom. The first kappa shape index (κ1) is 15.5. The summed E-state index contributed by atoms with van der Waals surface area (Å²) in [6, 6.07) is 8.60. The number of thiophene rings is 1. The summed E-state index contributed by atoms with van der Waals surface area (Å²) >= 11 is 5.40. The molecular formula is C16H20BrNOS. The molecule has 1 aromatic heterocycles. The van der Waals surface area contributed by atoms with Crippen LogP contribution in [0.4, 0.5) is 0 Å². The molecule has 4 heteroatoms. The molecular weight excluding hydrogens is 334 g/mol. The van der Waals surface area contributed by atoms with E-state index in [4.69, 9.17) is 4.74 Å². The molecule has 20 heavy (non-hydrogen) atoms. The van der Waals surface area contributed by atoms with Crippen LogP contribution < -0.4 is 10.1 Å². The molecule has 0 bridgehead atoms. The monoisotopic (exact) mass is 353 g/mol. The lowest BCUT2D eigenvalue weighted by Crippen LogP contribution is -2.17. The second-order valence-electron chi connectivity index (χ2n) is 4.72. The van der Waals surface area contributed by atoms with Crippen LogP contribution in [0.5, 0.6) is 5.75 Å². The molecule has 1 N–H and O–H groups in total. The number of aryl methyl sites for hydroxylation is 2. The van der Waals surface area contributed by atoms with Crippen LogP contribution in [0.3, 0.4) is 0 Å². The number of ether oxygens (including phenoxy) is 1. The Morgan fingerprint density at radius 3 is 2.60 bits per heavy atom. The minimum atomic E-state index is 0.159. The summed E-state index contributed by atoms with van der Waals surface area (Å²) in [5.41, 5.74) is 2.52. The zero-order valence-electron chi connectivity index (χ0n) is 12.3. The van der Waals surface area contributed by atoms with E-state index < -0.39 is 0 Å². The van der Waals surface area contributed by atoms with Gasteiger partial charge in [-0.15, -0.1) is 11.3 Å². The molecule has 0 fully saturated rings. The van der Waals surface area contributed by atoms with Crippen molar-refractivity contribution in [1.29, 1.82) is 0 Å². The van der Waals surface area contributed by atoms with Crippen LogP contribution in [0, 0.1) is 13.8 Å². The maximum absolute atomic E-state index is 5.78. The van der Waals surface area contributed by atoms with E-state index in [9.17, 15) is 0 Å². The molecule has 2 rings (SSSR count). The van der Waals surface area contributed by atoms with Gasteiger partial charge in [0.25, 0.3) is 0 Å². The predicted molar refractivity (Wildman–Crippen MR) is 90.0 cm³/mol. The van der Waals surface area contributed by atoms with E-state index in [1.54, 1.807) is 0 Å². The van der Waals surface area contributed by atoms with Gasteiger partial charge in [0.1, 0.15) is 5.75 Å². The maximum atomic E-state index is 5.78. The van der Waals surface area contributed by atoms with Gasteiger partial charge in [0.15, 0.2) is 0 Å². The van der Waals surface area contributed by atoms with Crippen LogP contribution in [0.25, 0.3) is 0 Å². The molecule has 0 aliphatic carbocycles. The second-order valence-corrected chi connectivity index (χ2v) is 6.93. The average Bonchev–Trinajstić information content (AvgIpc) is 2.73. The molecule has 108 valence electrons. The highest BCUT2D eigenvalue weighted by atomic mass is 79.9. The van der Waals surface area contributed by atoms with E-state index in [0.717, 1.165) is 10.2 Å². The molecule has 0 amide bonds. The summed E-state index contributed by atoms with van der Waals surface area (Å²) in [5, 5.41) is 3.41. The Hall–Kier alpha value is -0.840. The van der Waals surface area contributed by atoms with Gasteiger partial charge in [-0.3, -0.25) is 0 Å². The molecule has 0 spiro atoms. The smallest absolute Gasteiger partial charge is 0.124 e. The first-order chi connectivity index (χ1) is 9.56. The van der Waals surface area contributed by atoms with Gasteiger partial charge in [0.05, 0.1) is 12.6 Å². The summed E-state index contributed by atoms with van der Waals surface area (Å²) in [5.74, 6) is 0.943. The van der Waals surface area contributed by atoms with E-state index in [0.29, 0.717) is 6.61 Å². The Morgan fingerprint density at radius 2 is 2.05 bits per heavy atom. The quantitative estimate of drug-likeness (QED) is 0.830. The van der Waals surface area contributed by atoms with Crippen LogP contribution in [-0.2, 0) is 0 Å². The SMILES string of the molecule is CCOc1ccc(Br)cc1C(NC)c1cc(C)c(C)s1. The van der Waals surface area contributed by atoms with Gasteiger partial charge >= 0.3 is 0 Å². The predicted octanol–water partition coefficient (Wildman–Crippen LogP) is 4.83. The van der Waals surface area contributed by atoms with E-state index in [1.165, 1.54) is 20.9 Å². The van der Waals surface area contributed by atoms with Crippen molar-refractivity contribution in [2.45, 2.75) is 26.8 Å². The van der Waals surface area contributed by atoms with Crippen molar-refractivity contribution < 1.29 is 4.74 Å². The molecule has 2 aromatic rings. The normalized spacial score (nSPS) is 12.4. The first-order valence-corrected chi connectivity index (χ1v) is 8.34. The van der Waals surface area contributed by atoms with Crippen LogP contribution in [0.2, 0.25) is 0 Å². The Labute approximate surface area is 133 Å². The zero-order chi connectivity index (χ0) is 14.7. The van der Waals surface area contributed by atoms with Gasteiger partial charge in [-0.2, -0.15) is 0 Å². The highest BCUT2D eigenvalue weighted by Crippen LogP contribution is 2.36. The van der Waals surface area contributed by atoms with Crippen LogP contribution in [0.1, 0.15) is 33.8 Å². The highest BCUT2D eigenvalue weighted by molar-refractivity contribution is 9.10. The van der Waals surface area contributed by atoms with Crippen molar-refractivity contribution in [3.05, 3.63) is 49.6 Å². The molecule has 1 unspecified atom stereocenters. The molecule has 0 aliphatic rings. The lowest BCUT2D eigenvalue weighted by atomic mass is 10.0. The minimum Gasteiger partial charge on any atom is -0.494 e. The molecule has 1 heterocycles. The Bertz CT molecular complexity index is 575.